The predicted octanol–water partition coefficient (Wildman–Crippen LogP) is 1.19. The van der Waals surface area contributed by atoms with Crippen molar-refractivity contribution in [1.82, 2.24) is 0 Å². The van der Waals surface area contributed by atoms with Crippen molar-refractivity contribution in [3.05, 3.63) is 72.0 Å². The molecule has 3 nitrogen and oxygen atoms in total. The second kappa shape index (κ2) is 6.10. The van der Waals surface area contributed by atoms with Gasteiger partial charge in [0.05, 0.1) is 5.57 Å². The van der Waals surface area contributed by atoms with Crippen LogP contribution in [0.3, 0.4) is 0 Å². The highest BCUT2D eigenvalue weighted by Gasteiger charge is 2.10. The van der Waals surface area contributed by atoms with Crippen LogP contribution in [0.2, 0.25) is 0 Å². The van der Waals surface area contributed by atoms with Gasteiger partial charge in [-0.2, -0.15) is 5.06 Å². The Labute approximate surface area is 108 Å². The molecule has 1 aromatic carbocycles. The number of carbonyl (C=O) groups excluding carboxylic acids is 1. The number of allylic oxidation sites excluding steroid dienone is 5. The van der Waals surface area contributed by atoms with Gasteiger partial charge in [0, 0.05) is 6.42 Å². The second-order valence-corrected chi connectivity index (χ2v) is 4.16. The Bertz CT molecular complexity index is 506. The third kappa shape index (κ3) is 3.52. The SMILES string of the molecule is O=C1C=CC=CC1=C[NH+](O)CCc1ccccc1.[H+]. The summed E-state index contributed by atoms with van der Waals surface area (Å²) >= 11 is 0. The van der Waals surface area contributed by atoms with E-state index in [0.29, 0.717) is 12.1 Å². The zero-order valence-corrected chi connectivity index (χ0v) is 10.0. The van der Waals surface area contributed by atoms with Crippen LogP contribution in [-0.2, 0) is 11.2 Å². The first-order valence-electron chi connectivity index (χ1n) is 5.95. The van der Waals surface area contributed by atoms with Crippen LogP contribution in [-0.4, -0.2) is 17.5 Å². The van der Waals surface area contributed by atoms with E-state index in [-0.39, 0.29) is 12.3 Å². The summed E-state index contributed by atoms with van der Waals surface area (Å²) in [6, 6.07) is 9.96. The smallest absolute Gasteiger partial charge is 0.289 e. The zero-order chi connectivity index (χ0) is 12.8. The van der Waals surface area contributed by atoms with Crippen LogP contribution in [0, 0.1) is 0 Å². The summed E-state index contributed by atoms with van der Waals surface area (Å²) in [5, 5.41) is 10.0. The molecule has 1 atom stereocenters. The molecule has 3 heteroatoms. The second-order valence-electron chi connectivity index (χ2n) is 4.16. The van der Waals surface area contributed by atoms with Crippen LogP contribution in [0.5, 0.6) is 0 Å². The molecule has 2 rings (SSSR count). The van der Waals surface area contributed by atoms with Crippen molar-refractivity contribution in [2.75, 3.05) is 6.54 Å². The Balaban J connectivity index is 0.00000180. The minimum atomic E-state index is -0.0660. The first-order valence-corrected chi connectivity index (χ1v) is 5.95. The minimum Gasteiger partial charge on any atom is -0.289 e. The molecule has 0 saturated carbocycles. The summed E-state index contributed by atoms with van der Waals surface area (Å²) in [4.78, 5) is 11.5. The van der Waals surface area contributed by atoms with Crippen LogP contribution in [0.4, 0.5) is 0 Å². The molecule has 1 unspecified atom stereocenters. The molecule has 0 amide bonds. The Hall–Kier alpha value is -1.97. The molecule has 0 aromatic heterocycles. The Morgan fingerprint density at radius 2 is 1.89 bits per heavy atom. The molecule has 2 N–H and O–H groups in total. The molecule has 1 aliphatic rings. The van der Waals surface area contributed by atoms with Gasteiger partial charge in [-0.25, -0.2) is 5.21 Å². The predicted molar refractivity (Wildman–Crippen MR) is 70.2 cm³/mol. The van der Waals surface area contributed by atoms with Gasteiger partial charge in [-0.05, 0) is 17.7 Å². The van der Waals surface area contributed by atoms with E-state index < -0.39 is 0 Å². The Morgan fingerprint density at radius 3 is 2.61 bits per heavy atom. The Kier molecular flexibility index (Phi) is 4.23. The summed E-state index contributed by atoms with van der Waals surface area (Å²) in [5.41, 5.74) is 1.70. The van der Waals surface area contributed by atoms with Gasteiger partial charge in [-0.1, -0.05) is 42.5 Å². The minimum absolute atomic E-state index is 0. The van der Waals surface area contributed by atoms with Gasteiger partial charge in [0.2, 0.25) is 0 Å². The molecule has 92 valence electrons. The van der Waals surface area contributed by atoms with Crippen molar-refractivity contribution in [2.24, 2.45) is 0 Å². The Morgan fingerprint density at radius 1 is 1.17 bits per heavy atom. The fourth-order valence-corrected chi connectivity index (χ4v) is 1.77. The standard InChI is InChI=1S/C15H15NO2/c17-15-9-5-4-8-14(15)12-16(18)11-10-13-6-2-1-3-7-13/h1-9,12,18H,10-11H2/p+2. The lowest BCUT2D eigenvalue weighted by Gasteiger charge is -2.07. The monoisotopic (exact) mass is 243 g/mol. The number of hydroxylamine groups is 2. The van der Waals surface area contributed by atoms with E-state index >= 15 is 0 Å². The average molecular weight is 243 g/mol. The van der Waals surface area contributed by atoms with E-state index in [2.05, 4.69) is 0 Å². The highest BCUT2D eigenvalue weighted by Crippen LogP contribution is 2.03. The average Bonchev–Trinajstić information content (AvgIpc) is 2.40. The lowest BCUT2D eigenvalue weighted by Crippen LogP contribution is -3.05. The number of rotatable bonds is 4. The van der Waals surface area contributed by atoms with Crippen molar-refractivity contribution in [3.8, 4) is 0 Å². The molecule has 0 fully saturated rings. The number of ketones is 1. The van der Waals surface area contributed by atoms with E-state index in [1.807, 2.05) is 30.3 Å². The largest absolute Gasteiger partial charge is 1.00 e. The maximum Gasteiger partial charge on any atom is 1.00 e. The molecule has 0 radical (unpaired) electrons. The fraction of sp³-hybridized carbons (Fsp3) is 0.133. The third-order valence-corrected chi connectivity index (χ3v) is 2.75. The number of benzene rings is 1. The first kappa shape index (κ1) is 12.5. The molecule has 0 bridgehead atoms. The summed E-state index contributed by atoms with van der Waals surface area (Å²) < 4.78 is 0. The van der Waals surface area contributed by atoms with Crippen molar-refractivity contribution in [2.45, 2.75) is 6.42 Å². The van der Waals surface area contributed by atoms with Gasteiger partial charge in [0.1, 0.15) is 12.7 Å². The molecule has 0 heterocycles. The lowest BCUT2D eigenvalue weighted by atomic mass is 10.1. The molecule has 1 aliphatic carbocycles. The van der Waals surface area contributed by atoms with Crippen LogP contribution in [0.15, 0.2) is 66.4 Å². The van der Waals surface area contributed by atoms with Gasteiger partial charge in [0.15, 0.2) is 5.78 Å². The molecule has 0 aliphatic heterocycles. The van der Waals surface area contributed by atoms with E-state index in [0.717, 1.165) is 6.42 Å². The number of nitrogens with one attached hydrogen (secondary N) is 1. The summed E-state index contributed by atoms with van der Waals surface area (Å²) in [6.45, 7) is 0.540. The summed E-state index contributed by atoms with van der Waals surface area (Å²) in [5.74, 6) is -0.0660. The van der Waals surface area contributed by atoms with Gasteiger partial charge in [-0.15, -0.1) is 0 Å². The number of hydrogen-bond acceptors (Lipinski definition) is 2. The highest BCUT2D eigenvalue weighted by molar-refractivity contribution is 6.07. The molecule has 1 aromatic rings. The van der Waals surface area contributed by atoms with Crippen LogP contribution in [0.25, 0.3) is 0 Å². The first-order chi connectivity index (χ1) is 8.75. The zero-order valence-electron chi connectivity index (χ0n) is 11.0. The van der Waals surface area contributed by atoms with Crippen molar-refractivity contribution in [1.29, 1.82) is 0 Å². The quantitative estimate of drug-likeness (QED) is 0.616. The van der Waals surface area contributed by atoms with Crippen LogP contribution in [0.1, 0.15) is 6.99 Å². The summed E-state index contributed by atoms with van der Waals surface area (Å²) in [7, 11) is 0. The van der Waals surface area contributed by atoms with Gasteiger partial charge in [-0.3, -0.25) is 4.79 Å². The van der Waals surface area contributed by atoms with Crippen molar-refractivity contribution < 1.29 is 16.5 Å². The fourth-order valence-electron chi connectivity index (χ4n) is 1.77. The molecule has 18 heavy (non-hydrogen) atoms. The van der Waals surface area contributed by atoms with Gasteiger partial charge >= 0.3 is 1.43 Å². The van der Waals surface area contributed by atoms with E-state index in [1.54, 1.807) is 24.4 Å². The molecule has 0 spiro atoms. The number of carbonyl (C=O) groups is 1. The lowest BCUT2D eigenvalue weighted by molar-refractivity contribution is -1.05. The molecule has 0 saturated heterocycles. The maximum absolute atomic E-state index is 11.5. The van der Waals surface area contributed by atoms with Gasteiger partial charge in [0.25, 0.3) is 0 Å². The summed E-state index contributed by atoms with van der Waals surface area (Å²) in [6.07, 6.45) is 9.01. The molecular weight excluding hydrogens is 226 g/mol. The number of hydrogen-bond donors (Lipinski definition) is 2. The third-order valence-electron chi connectivity index (χ3n) is 2.75. The van der Waals surface area contributed by atoms with Gasteiger partial charge < -0.3 is 0 Å². The van der Waals surface area contributed by atoms with E-state index in [9.17, 15) is 10.0 Å². The highest BCUT2D eigenvalue weighted by atomic mass is 16.5. The van der Waals surface area contributed by atoms with Crippen molar-refractivity contribution >= 4 is 5.78 Å². The maximum atomic E-state index is 11.5. The molecular formula is C15H17NO2+2. The topological polar surface area (TPSA) is 41.7 Å². The van der Waals surface area contributed by atoms with Crippen LogP contribution >= 0.6 is 0 Å². The normalized spacial score (nSPS) is 18.3. The van der Waals surface area contributed by atoms with Crippen LogP contribution < -0.4 is 5.06 Å². The van der Waals surface area contributed by atoms with Crippen molar-refractivity contribution in [3.63, 3.8) is 0 Å². The number of quaternary nitrogens is 1. The van der Waals surface area contributed by atoms with E-state index in [4.69, 9.17) is 0 Å². The van der Waals surface area contributed by atoms with E-state index in [1.165, 1.54) is 11.6 Å².